The minimum absolute atomic E-state index is 0.114. The zero-order valence-corrected chi connectivity index (χ0v) is 11.4. The summed E-state index contributed by atoms with van der Waals surface area (Å²) in [6.07, 6.45) is 1.02. The molecule has 1 rings (SSSR count). The summed E-state index contributed by atoms with van der Waals surface area (Å²) in [5, 5.41) is 8.76. The van der Waals surface area contributed by atoms with Gasteiger partial charge in [-0.3, -0.25) is 0 Å². The normalized spacial score (nSPS) is 9.71. The fourth-order valence-corrected chi connectivity index (χ4v) is 1.52. The van der Waals surface area contributed by atoms with Crippen LogP contribution < -0.4 is 0 Å². The molecule has 0 heterocycles. The average Bonchev–Trinajstić information content (AvgIpc) is 2.35. The topological polar surface area (TPSA) is 53.4 Å². The van der Waals surface area contributed by atoms with Crippen LogP contribution in [-0.2, 0) is 16.1 Å². The fraction of sp³-hybridized carbons (Fsp3) is 0.333. The van der Waals surface area contributed by atoms with Crippen molar-refractivity contribution in [2.24, 2.45) is 0 Å². The van der Waals surface area contributed by atoms with E-state index in [2.05, 4.69) is 16.0 Å². The van der Waals surface area contributed by atoms with Gasteiger partial charge in [0.2, 0.25) is 0 Å². The zero-order chi connectivity index (χ0) is 12.7. The van der Waals surface area contributed by atoms with Crippen molar-refractivity contribution in [3.8, 4) is 0 Å². The first-order chi connectivity index (χ1) is 8.13. The van der Waals surface area contributed by atoms with E-state index in [1.807, 2.05) is 30.3 Å². The summed E-state index contributed by atoms with van der Waals surface area (Å²) < 4.78 is 0.114. The van der Waals surface area contributed by atoms with Crippen molar-refractivity contribution in [1.82, 2.24) is 5.06 Å². The Morgan fingerprint density at radius 2 is 2.06 bits per heavy atom. The van der Waals surface area contributed by atoms with Crippen LogP contribution in [0.3, 0.4) is 0 Å². The van der Waals surface area contributed by atoms with Crippen LogP contribution in [0.2, 0.25) is 0 Å². The molecule has 0 saturated heterocycles. The van der Waals surface area contributed by atoms with Gasteiger partial charge in [-0.15, -0.1) is 0 Å². The molecule has 0 fully saturated rings. The number of hydrogen-bond acceptors (Lipinski definition) is 3. The van der Waals surface area contributed by atoms with Crippen molar-refractivity contribution in [2.75, 3.05) is 6.54 Å². The number of nitrogens with one attached hydrogen (secondary N) is 1. The van der Waals surface area contributed by atoms with Crippen LogP contribution in [0.5, 0.6) is 0 Å². The Labute approximate surface area is 109 Å². The quantitative estimate of drug-likeness (QED) is 0.397. The van der Waals surface area contributed by atoms with Gasteiger partial charge in [-0.1, -0.05) is 0 Å². The molecule has 0 atom stereocenters. The van der Waals surface area contributed by atoms with Gasteiger partial charge in [0.1, 0.15) is 0 Å². The Bertz CT molecular complexity index is 381. The van der Waals surface area contributed by atoms with E-state index in [1.54, 1.807) is 6.92 Å². The molecule has 0 amide bonds. The third-order valence-corrected chi connectivity index (χ3v) is 2.60. The molecule has 0 aliphatic carbocycles. The molecule has 5 heteroatoms. The summed E-state index contributed by atoms with van der Waals surface area (Å²) >= 11 is 2.54. The summed E-state index contributed by atoms with van der Waals surface area (Å²) in [5.74, 6) is -0.335. The van der Waals surface area contributed by atoms with Gasteiger partial charge >= 0.3 is 109 Å². The molecule has 0 bridgehead atoms. The van der Waals surface area contributed by atoms with Crippen LogP contribution >= 0.6 is 0 Å². The summed E-state index contributed by atoms with van der Waals surface area (Å²) in [6, 6.07) is 9.88. The Balaban J connectivity index is 2.50. The van der Waals surface area contributed by atoms with Crippen molar-refractivity contribution in [3.05, 3.63) is 35.9 Å². The molecule has 1 aromatic rings. The number of benzene rings is 1. The molecule has 0 saturated carbocycles. The average molecular weight is 298 g/mol. The third kappa shape index (κ3) is 5.02. The van der Waals surface area contributed by atoms with Crippen LogP contribution in [0.25, 0.3) is 0 Å². The summed E-state index contributed by atoms with van der Waals surface area (Å²) in [6.45, 7) is 2.20. The van der Waals surface area contributed by atoms with Crippen molar-refractivity contribution >= 4 is 26.7 Å². The standard InChI is InChI=1S/C12H15N2O2Se/c1-2-11(15)16-14(12(13)17)9-8-10-6-4-3-5-7-10/h3-7,13H,2,8-9H2,1H3. The van der Waals surface area contributed by atoms with Crippen molar-refractivity contribution in [1.29, 1.82) is 5.41 Å². The second-order valence-electron chi connectivity index (χ2n) is 3.46. The number of rotatable bonds is 4. The first-order valence-corrected chi connectivity index (χ1v) is 6.27. The molecular formula is C12H15N2O2Se. The van der Waals surface area contributed by atoms with E-state index >= 15 is 0 Å². The van der Waals surface area contributed by atoms with Gasteiger partial charge in [0.15, 0.2) is 0 Å². The zero-order valence-electron chi connectivity index (χ0n) is 9.68. The van der Waals surface area contributed by atoms with E-state index in [9.17, 15) is 4.79 Å². The van der Waals surface area contributed by atoms with E-state index in [4.69, 9.17) is 10.2 Å². The molecule has 0 spiro atoms. The van der Waals surface area contributed by atoms with Gasteiger partial charge in [-0.2, -0.15) is 0 Å². The minimum atomic E-state index is -0.335. The number of carbonyl (C=O) groups is 1. The predicted octanol–water partition coefficient (Wildman–Crippen LogP) is 1.50. The van der Waals surface area contributed by atoms with Gasteiger partial charge in [-0.05, 0) is 0 Å². The SMILES string of the molecule is CCC(=O)ON(CCc1ccccc1)C(=N)[Se]. The number of hydroxylamine groups is 2. The third-order valence-electron chi connectivity index (χ3n) is 2.17. The van der Waals surface area contributed by atoms with Crippen LogP contribution in [0, 0.1) is 5.41 Å². The Morgan fingerprint density at radius 3 is 2.59 bits per heavy atom. The Kier molecular flexibility index (Phi) is 5.73. The van der Waals surface area contributed by atoms with E-state index in [1.165, 1.54) is 5.06 Å². The monoisotopic (exact) mass is 299 g/mol. The van der Waals surface area contributed by atoms with Crippen LogP contribution in [0.4, 0.5) is 0 Å². The van der Waals surface area contributed by atoms with E-state index in [0.29, 0.717) is 13.0 Å². The molecule has 0 unspecified atom stereocenters. The molecule has 0 aliphatic heterocycles. The van der Waals surface area contributed by atoms with Crippen molar-refractivity contribution in [3.63, 3.8) is 0 Å². The first-order valence-electron chi connectivity index (χ1n) is 5.41. The number of hydrogen-bond donors (Lipinski definition) is 1. The summed E-state index contributed by atoms with van der Waals surface area (Å²) in [4.78, 5) is 16.2. The maximum absolute atomic E-state index is 11.2. The molecule has 1 aromatic carbocycles. The van der Waals surface area contributed by atoms with Gasteiger partial charge in [-0.25, -0.2) is 0 Å². The van der Waals surface area contributed by atoms with Crippen LogP contribution in [-0.4, -0.2) is 38.3 Å². The number of amidine groups is 1. The molecular weight excluding hydrogens is 283 g/mol. The van der Waals surface area contributed by atoms with E-state index in [0.717, 1.165) is 12.0 Å². The van der Waals surface area contributed by atoms with Crippen molar-refractivity contribution in [2.45, 2.75) is 19.8 Å². The summed E-state index contributed by atoms with van der Waals surface area (Å²) in [7, 11) is 0. The van der Waals surface area contributed by atoms with E-state index < -0.39 is 0 Å². The second kappa shape index (κ2) is 7.09. The molecule has 1 radical (unpaired) electrons. The molecule has 4 nitrogen and oxygen atoms in total. The molecule has 17 heavy (non-hydrogen) atoms. The van der Waals surface area contributed by atoms with Crippen LogP contribution in [0.1, 0.15) is 18.9 Å². The molecule has 91 valence electrons. The maximum atomic E-state index is 11.2. The fourth-order valence-electron chi connectivity index (χ4n) is 1.25. The first kappa shape index (κ1) is 13.7. The van der Waals surface area contributed by atoms with Gasteiger partial charge < -0.3 is 0 Å². The second-order valence-corrected chi connectivity index (χ2v) is 4.27. The molecule has 0 aliphatic rings. The number of nitrogens with zero attached hydrogens (tertiary/aromatic N) is 1. The predicted molar refractivity (Wildman–Crippen MR) is 66.7 cm³/mol. The van der Waals surface area contributed by atoms with Gasteiger partial charge in [0.05, 0.1) is 0 Å². The van der Waals surface area contributed by atoms with Crippen LogP contribution in [0.15, 0.2) is 30.3 Å². The Hall–Kier alpha value is -1.32. The van der Waals surface area contributed by atoms with Gasteiger partial charge in [0, 0.05) is 0 Å². The molecule has 0 aromatic heterocycles. The van der Waals surface area contributed by atoms with Gasteiger partial charge in [0.25, 0.3) is 0 Å². The number of carbonyl (C=O) groups excluding carboxylic acids is 1. The van der Waals surface area contributed by atoms with Crippen molar-refractivity contribution < 1.29 is 9.63 Å². The summed E-state index contributed by atoms with van der Waals surface area (Å²) in [5.41, 5.74) is 1.14. The molecule has 1 N–H and O–H groups in total. The van der Waals surface area contributed by atoms with E-state index in [-0.39, 0.29) is 10.7 Å². The Morgan fingerprint density at radius 1 is 1.41 bits per heavy atom.